The van der Waals surface area contributed by atoms with Gasteiger partial charge < -0.3 is 26.0 Å². The summed E-state index contributed by atoms with van der Waals surface area (Å²) in [6.45, 7) is 0.918. The number of fused-ring (bicyclic) bond motifs is 4. The first-order valence-electron chi connectivity index (χ1n) is 10.6. The van der Waals surface area contributed by atoms with E-state index in [9.17, 15) is 13.2 Å². The van der Waals surface area contributed by atoms with Crippen molar-refractivity contribution in [2.75, 3.05) is 36.1 Å². The number of carbonyl (C=O) groups is 1. The number of rotatable bonds is 4. The largest absolute Gasteiger partial charge is 0.497 e. The Labute approximate surface area is 197 Å². The predicted octanol–water partition coefficient (Wildman–Crippen LogP) is 2.64. The van der Waals surface area contributed by atoms with Crippen LogP contribution in [-0.2, 0) is 16.6 Å². The summed E-state index contributed by atoms with van der Waals surface area (Å²) < 4.78 is 32.7. The Bertz CT molecular complexity index is 1280. The highest BCUT2D eigenvalue weighted by Gasteiger charge is 2.16. The van der Waals surface area contributed by atoms with Crippen LogP contribution in [0.5, 0.6) is 5.75 Å². The summed E-state index contributed by atoms with van der Waals surface area (Å²) >= 11 is 0. The average molecular weight is 484 g/mol. The number of benzene rings is 2. The van der Waals surface area contributed by atoms with E-state index in [1.54, 1.807) is 49.7 Å². The summed E-state index contributed by atoms with van der Waals surface area (Å²) in [5.41, 5.74) is 1.81. The first-order chi connectivity index (χ1) is 16.4. The van der Waals surface area contributed by atoms with Crippen molar-refractivity contribution in [3.05, 3.63) is 60.3 Å². The minimum absolute atomic E-state index is 0.160. The van der Waals surface area contributed by atoms with Crippen molar-refractivity contribution in [2.24, 2.45) is 0 Å². The maximum atomic E-state index is 12.5. The zero-order chi connectivity index (χ0) is 24.0. The Morgan fingerprint density at radius 3 is 2.85 bits per heavy atom. The summed E-state index contributed by atoms with van der Waals surface area (Å²) in [5.74, 6) is 1.48. The van der Waals surface area contributed by atoms with Gasteiger partial charge in [-0.2, -0.15) is 4.98 Å². The molecule has 34 heavy (non-hydrogen) atoms. The van der Waals surface area contributed by atoms with Crippen LogP contribution in [-0.4, -0.2) is 44.6 Å². The highest BCUT2D eigenvalue weighted by atomic mass is 32.2. The van der Waals surface area contributed by atoms with E-state index >= 15 is 0 Å². The van der Waals surface area contributed by atoms with Crippen LogP contribution in [0.3, 0.4) is 0 Å². The monoisotopic (exact) mass is 483 g/mol. The maximum absolute atomic E-state index is 12.5. The van der Waals surface area contributed by atoms with Crippen molar-refractivity contribution in [1.82, 2.24) is 20.0 Å². The van der Waals surface area contributed by atoms with Gasteiger partial charge in [0.25, 0.3) is 0 Å². The van der Waals surface area contributed by atoms with Crippen LogP contribution in [0.1, 0.15) is 12.0 Å². The number of hydrogen-bond donors (Lipinski definition) is 5. The molecule has 0 atom stereocenters. The Balaban J connectivity index is 1.48. The third-order valence-corrected chi connectivity index (χ3v) is 6.43. The normalized spacial score (nSPS) is 14.7. The van der Waals surface area contributed by atoms with Crippen molar-refractivity contribution in [3.63, 3.8) is 0 Å². The van der Waals surface area contributed by atoms with Crippen LogP contribution >= 0.6 is 0 Å². The van der Waals surface area contributed by atoms with Crippen molar-refractivity contribution in [3.8, 4) is 5.75 Å². The molecule has 1 aliphatic heterocycles. The van der Waals surface area contributed by atoms with E-state index in [1.807, 2.05) is 0 Å². The number of anilines is 4. The van der Waals surface area contributed by atoms with Gasteiger partial charge in [0.15, 0.2) is 0 Å². The molecule has 0 fully saturated rings. The van der Waals surface area contributed by atoms with Crippen LogP contribution in [0.4, 0.5) is 27.9 Å². The Morgan fingerprint density at radius 2 is 2.00 bits per heavy atom. The lowest BCUT2D eigenvalue weighted by molar-refractivity contribution is 0.251. The van der Waals surface area contributed by atoms with E-state index < -0.39 is 16.1 Å². The molecule has 2 heterocycles. The number of methoxy groups -OCH3 is 1. The van der Waals surface area contributed by atoms with E-state index in [4.69, 9.17) is 4.74 Å². The standard InChI is InChI=1S/C22H25N7O4S/c1-33-18-7-2-5-16(11-18)28-22(30)25-14-15-13-24-21-27-17-6-3-8-19(12-17)34(31,32)26-10-4-9-23-20(15)29-21/h2-3,5-8,11-13,26H,4,9-10,14H2,1H3,(H2,25,28,30)(H2,23,24,27,29). The zero-order valence-corrected chi connectivity index (χ0v) is 19.3. The molecule has 0 spiro atoms. The number of nitrogens with one attached hydrogen (secondary N) is 5. The van der Waals surface area contributed by atoms with Crippen LogP contribution in [0.15, 0.2) is 59.6 Å². The maximum Gasteiger partial charge on any atom is 0.319 e. The molecular weight excluding hydrogens is 458 g/mol. The lowest BCUT2D eigenvalue weighted by atomic mass is 10.3. The molecule has 1 aliphatic rings. The molecule has 2 amide bonds. The molecule has 0 aliphatic carbocycles. The predicted molar refractivity (Wildman–Crippen MR) is 129 cm³/mol. The fourth-order valence-electron chi connectivity index (χ4n) is 3.26. The molecule has 4 rings (SSSR count). The number of nitrogens with zero attached hydrogens (tertiary/aromatic N) is 2. The topological polar surface area (TPSA) is 146 Å². The second kappa shape index (κ2) is 10.4. The van der Waals surface area contributed by atoms with E-state index in [1.165, 1.54) is 12.1 Å². The molecule has 11 nitrogen and oxygen atoms in total. The minimum Gasteiger partial charge on any atom is -0.497 e. The van der Waals surface area contributed by atoms with Gasteiger partial charge >= 0.3 is 6.03 Å². The fourth-order valence-corrected chi connectivity index (χ4v) is 4.38. The molecule has 0 radical (unpaired) electrons. The smallest absolute Gasteiger partial charge is 0.319 e. The van der Waals surface area contributed by atoms with E-state index in [0.29, 0.717) is 47.4 Å². The molecular formula is C22H25N7O4S. The highest BCUT2D eigenvalue weighted by molar-refractivity contribution is 7.89. The Kier molecular flexibility index (Phi) is 7.09. The third-order valence-electron chi connectivity index (χ3n) is 4.97. The van der Waals surface area contributed by atoms with Gasteiger partial charge in [-0.1, -0.05) is 12.1 Å². The molecule has 0 saturated carbocycles. The lowest BCUT2D eigenvalue weighted by Crippen LogP contribution is -2.29. The average Bonchev–Trinajstić information content (AvgIpc) is 2.83. The molecule has 178 valence electrons. The van der Waals surface area contributed by atoms with Crippen LogP contribution in [0, 0.1) is 0 Å². The molecule has 0 unspecified atom stereocenters. The van der Waals surface area contributed by atoms with Crippen molar-refractivity contribution in [2.45, 2.75) is 17.9 Å². The molecule has 1 aromatic heterocycles. The number of ether oxygens (including phenoxy) is 1. The number of aromatic nitrogens is 2. The molecule has 2 aromatic carbocycles. The van der Waals surface area contributed by atoms with Gasteiger partial charge in [0, 0.05) is 48.8 Å². The van der Waals surface area contributed by atoms with Crippen molar-refractivity contribution >= 4 is 39.2 Å². The summed E-state index contributed by atoms with van der Waals surface area (Å²) in [6.07, 6.45) is 2.15. The molecule has 12 heteroatoms. The van der Waals surface area contributed by atoms with Gasteiger partial charge in [-0.15, -0.1) is 0 Å². The van der Waals surface area contributed by atoms with Crippen molar-refractivity contribution in [1.29, 1.82) is 0 Å². The Hall–Kier alpha value is -3.90. The minimum atomic E-state index is -3.61. The number of urea groups is 1. The van der Waals surface area contributed by atoms with Gasteiger partial charge in [-0.05, 0) is 36.8 Å². The van der Waals surface area contributed by atoms with Crippen LogP contribution in [0.2, 0.25) is 0 Å². The second-order valence-electron chi connectivity index (χ2n) is 7.44. The number of sulfonamides is 1. The third kappa shape index (κ3) is 5.91. The number of amides is 2. The van der Waals surface area contributed by atoms with E-state index in [-0.39, 0.29) is 18.0 Å². The molecule has 5 N–H and O–H groups in total. The summed E-state index contributed by atoms with van der Waals surface area (Å²) in [5, 5.41) is 11.8. The summed E-state index contributed by atoms with van der Waals surface area (Å²) in [7, 11) is -2.05. The quantitative estimate of drug-likeness (QED) is 0.381. The first-order valence-corrected chi connectivity index (χ1v) is 12.1. The van der Waals surface area contributed by atoms with Gasteiger partial charge in [0.1, 0.15) is 11.6 Å². The first kappa shape index (κ1) is 23.3. The van der Waals surface area contributed by atoms with E-state index in [0.717, 1.165) is 0 Å². The molecule has 0 saturated heterocycles. The van der Waals surface area contributed by atoms with Crippen molar-refractivity contribution < 1.29 is 17.9 Å². The van der Waals surface area contributed by atoms with Crippen LogP contribution < -0.4 is 30.7 Å². The van der Waals surface area contributed by atoms with Gasteiger partial charge in [-0.25, -0.2) is 22.9 Å². The number of carbonyl (C=O) groups excluding carboxylic acids is 1. The summed E-state index contributed by atoms with van der Waals surface area (Å²) in [6, 6.07) is 13.1. The SMILES string of the molecule is COc1cccc(NC(=O)NCc2cnc3nc2NCCCNS(=O)(=O)c2cccc(c2)N3)c1. The molecule has 3 aromatic rings. The van der Waals surface area contributed by atoms with Gasteiger partial charge in [-0.3, -0.25) is 0 Å². The van der Waals surface area contributed by atoms with Gasteiger partial charge in [0.05, 0.1) is 12.0 Å². The van der Waals surface area contributed by atoms with E-state index in [2.05, 4.69) is 36.0 Å². The number of hydrogen-bond acceptors (Lipinski definition) is 8. The van der Waals surface area contributed by atoms with Crippen LogP contribution in [0.25, 0.3) is 0 Å². The highest BCUT2D eigenvalue weighted by Crippen LogP contribution is 2.21. The second-order valence-corrected chi connectivity index (χ2v) is 9.20. The zero-order valence-electron chi connectivity index (χ0n) is 18.5. The van der Waals surface area contributed by atoms with Gasteiger partial charge in [0.2, 0.25) is 16.0 Å². The molecule has 4 bridgehead atoms. The Morgan fingerprint density at radius 1 is 1.15 bits per heavy atom. The fraction of sp³-hybridized carbons (Fsp3) is 0.227. The lowest BCUT2D eigenvalue weighted by Gasteiger charge is -2.14. The summed E-state index contributed by atoms with van der Waals surface area (Å²) in [4.78, 5) is 21.4.